The number of carbonyl (C=O) groups is 1. The predicted molar refractivity (Wildman–Crippen MR) is 65.5 cm³/mol. The molecule has 1 atom stereocenters. The lowest BCUT2D eigenvalue weighted by molar-refractivity contribution is -0.137. The van der Waals surface area contributed by atoms with Gasteiger partial charge in [0.15, 0.2) is 0 Å². The fraction of sp³-hybridized carbons (Fsp3) is 0.500. The van der Waals surface area contributed by atoms with Gasteiger partial charge in [-0.25, -0.2) is 0 Å². The molecule has 1 N–H and O–H groups in total. The van der Waals surface area contributed by atoms with Crippen LogP contribution >= 0.6 is 0 Å². The minimum atomic E-state index is -4.32. The Kier molecular flexibility index (Phi) is 4.12. The first-order valence-corrected chi connectivity index (χ1v) is 6.40. The third-order valence-electron chi connectivity index (χ3n) is 3.31. The van der Waals surface area contributed by atoms with Gasteiger partial charge in [-0.1, -0.05) is 24.6 Å². The first-order chi connectivity index (χ1) is 8.95. The van der Waals surface area contributed by atoms with Gasteiger partial charge in [0.25, 0.3) is 0 Å². The minimum absolute atomic E-state index is 0.00511. The van der Waals surface area contributed by atoms with Crippen LogP contribution in [0.2, 0.25) is 0 Å². The fourth-order valence-electron chi connectivity index (χ4n) is 2.36. The van der Waals surface area contributed by atoms with E-state index in [1.165, 1.54) is 6.07 Å². The SMILES string of the molecule is O=C1CCCCC(Cc2cccc(C(F)(F)F)c2)N1. The van der Waals surface area contributed by atoms with E-state index >= 15 is 0 Å². The third-order valence-corrected chi connectivity index (χ3v) is 3.31. The van der Waals surface area contributed by atoms with E-state index < -0.39 is 11.7 Å². The van der Waals surface area contributed by atoms with Crippen molar-refractivity contribution in [2.24, 2.45) is 0 Å². The number of rotatable bonds is 2. The maximum atomic E-state index is 12.6. The molecule has 1 fully saturated rings. The molecule has 1 aromatic carbocycles. The van der Waals surface area contributed by atoms with Crippen molar-refractivity contribution in [3.05, 3.63) is 35.4 Å². The molecule has 0 bridgehead atoms. The molecule has 2 nitrogen and oxygen atoms in total. The predicted octanol–water partition coefficient (Wildman–Crippen LogP) is 3.31. The van der Waals surface area contributed by atoms with Crippen LogP contribution in [0.1, 0.15) is 36.8 Å². The Morgan fingerprint density at radius 1 is 1.26 bits per heavy atom. The van der Waals surface area contributed by atoms with E-state index in [0.717, 1.165) is 31.4 Å². The van der Waals surface area contributed by atoms with Crippen molar-refractivity contribution in [2.45, 2.75) is 44.3 Å². The second-order valence-corrected chi connectivity index (χ2v) is 4.91. The highest BCUT2D eigenvalue weighted by molar-refractivity contribution is 5.76. The van der Waals surface area contributed by atoms with Gasteiger partial charge in [-0.15, -0.1) is 0 Å². The van der Waals surface area contributed by atoms with Crippen molar-refractivity contribution in [3.8, 4) is 0 Å². The van der Waals surface area contributed by atoms with Crippen molar-refractivity contribution < 1.29 is 18.0 Å². The molecular weight excluding hydrogens is 255 g/mol. The molecule has 1 unspecified atom stereocenters. The number of halogens is 3. The lowest BCUT2D eigenvalue weighted by Gasteiger charge is -2.16. The van der Waals surface area contributed by atoms with E-state index in [9.17, 15) is 18.0 Å². The molecule has 0 aromatic heterocycles. The van der Waals surface area contributed by atoms with Crippen LogP contribution in [0, 0.1) is 0 Å². The lowest BCUT2D eigenvalue weighted by atomic mass is 10.00. The van der Waals surface area contributed by atoms with Crippen LogP contribution in [-0.4, -0.2) is 11.9 Å². The van der Waals surface area contributed by atoms with Gasteiger partial charge in [-0.2, -0.15) is 13.2 Å². The van der Waals surface area contributed by atoms with Crippen LogP contribution in [0.25, 0.3) is 0 Å². The Balaban J connectivity index is 2.08. The third kappa shape index (κ3) is 3.98. The van der Waals surface area contributed by atoms with E-state index in [-0.39, 0.29) is 11.9 Å². The number of alkyl halides is 3. The van der Waals surface area contributed by atoms with E-state index in [1.54, 1.807) is 6.07 Å². The Hall–Kier alpha value is -1.52. The molecule has 0 saturated carbocycles. The number of hydrogen-bond donors (Lipinski definition) is 1. The van der Waals surface area contributed by atoms with Crippen LogP contribution in [0.15, 0.2) is 24.3 Å². The summed E-state index contributed by atoms with van der Waals surface area (Å²) in [5, 5.41) is 2.87. The standard InChI is InChI=1S/C14H16F3NO/c15-14(16,17)11-5-3-4-10(8-11)9-12-6-1-2-7-13(19)18-12/h3-5,8,12H,1-2,6-7,9H2,(H,18,19). The first-order valence-electron chi connectivity index (χ1n) is 6.40. The average molecular weight is 271 g/mol. The molecule has 1 aliphatic rings. The molecule has 2 rings (SSSR count). The Bertz CT molecular complexity index is 456. The summed E-state index contributed by atoms with van der Waals surface area (Å²) in [6.45, 7) is 0. The van der Waals surface area contributed by atoms with Crippen molar-refractivity contribution >= 4 is 5.91 Å². The molecule has 1 aromatic rings. The summed E-state index contributed by atoms with van der Waals surface area (Å²) in [4.78, 5) is 11.4. The quantitative estimate of drug-likeness (QED) is 0.878. The number of amides is 1. The highest BCUT2D eigenvalue weighted by atomic mass is 19.4. The molecule has 1 heterocycles. The fourth-order valence-corrected chi connectivity index (χ4v) is 2.36. The van der Waals surface area contributed by atoms with Crippen LogP contribution in [0.4, 0.5) is 13.2 Å². The van der Waals surface area contributed by atoms with Gasteiger partial charge >= 0.3 is 6.18 Å². The topological polar surface area (TPSA) is 29.1 Å². The van der Waals surface area contributed by atoms with E-state index in [1.807, 2.05) is 0 Å². The Labute approximate surface area is 110 Å². The summed E-state index contributed by atoms with van der Waals surface area (Å²) >= 11 is 0. The normalized spacial score (nSPS) is 20.8. The van der Waals surface area contributed by atoms with E-state index in [2.05, 4.69) is 5.32 Å². The second-order valence-electron chi connectivity index (χ2n) is 4.91. The minimum Gasteiger partial charge on any atom is -0.353 e. The summed E-state index contributed by atoms with van der Waals surface area (Å²) < 4.78 is 37.8. The van der Waals surface area contributed by atoms with E-state index in [0.29, 0.717) is 18.4 Å². The molecule has 0 aliphatic carbocycles. The summed E-state index contributed by atoms with van der Waals surface area (Å²) in [7, 11) is 0. The smallest absolute Gasteiger partial charge is 0.353 e. The van der Waals surface area contributed by atoms with Gasteiger partial charge in [0.05, 0.1) is 5.56 Å². The number of nitrogens with one attached hydrogen (secondary N) is 1. The van der Waals surface area contributed by atoms with Gasteiger partial charge in [0, 0.05) is 12.5 Å². The number of benzene rings is 1. The van der Waals surface area contributed by atoms with Gasteiger partial charge < -0.3 is 5.32 Å². The van der Waals surface area contributed by atoms with Crippen LogP contribution in [0.5, 0.6) is 0 Å². The molecule has 1 saturated heterocycles. The number of carbonyl (C=O) groups excluding carboxylic acids is 1. The summed E-state index contributed by atoms with van der Waals surface area (Å²) in [5.74, 6) is -0.00511. The van der Waals surface area contributed by atoms with Crippen LogP contribution in [-0.2, 0) is 17.4 Å². The molecule has 0 radical (unpaired) electrons. The van der Waals surface area contributed by atoms with E-state index in [4.69, 9.17) is 0 Å². The van der Waals surface area contributed by atoms with Gasteiger partial charge in [-0.3, -0.25) is 4.79 Å². The highest BCUT2D eigenvalue weighted by Gasteiger charge is 2.30. The maximum Gasteiger partial charge on any atom is 0.416 e. The van der Waals surface area contributed by atoms with Gasteiger partial charge in [0.2, 0.25) is 5.91 Å². The second kappa shape index (κ2) is 5.63. The van der Waals surface area contributed by atoms with Crippen molar-refractivity contribution in [2.75, 3.05) is 0 Å². The lowest BCUT2D eigenvalue weighted by Crippen LogP contribution is -2.34. The molecule has 104 valence electrons. The number of hydrogen-bond acceptors (Lipinski definition) is 1. The largest absolute Gasteiger partial charge is 0.416 e. The Morgan fingerprint density at radius 3 is 2.79 bits per heavy atom. The van der Waals surface area contributed by atoms with Crippen LogP contribution < -0.4 is 5.32 Å². The first kappa shape index (κ1) is 13.9. The zero-order chi connectivity index (χ0) is 13.9. The van der Waals surface area contributed by atoms with Crippen molar-refractivity contribution in [3.63, 3.8) is 0 Å². The van der Waals surface area contributed by atoms with Crippen molar-refractivity contribution in [1.29, 1.82) is 0 Å². The van der Waals surface area contributed by atoms with Crippen LogP contribution in [0.3, 0.4) is 0 Å². The molecule has 0 spiro atoms. The monoisotopic (exact) mass is 271 g/mol. The molecular formula is C14H16F3NO. The zero-order valence-electron chi connectivity index (χ0n) is 10.5. The molecule has 1 aliphatic heterocycles. The average Bonchev–Trinajstić information content (AvgIpc) is 2.53. The van der Waals surface area contributed by atoms with Crippen molar-refractivity contribution in [1.82, 2.24) is 5.32 Å². The molecule has 19 heavy (non-hydrogen) atoms. The van der Waals surface area contributed by atoms with Gasteiger partial charge in [0.1, 0.15) is 0 Å². The van der Waals surface area contributed by atoms with Gasteiger partial charge in [-0.05, 0) is 30.9 Å². The maximum absolute atomic E-state index is 12.6. The molecule has 5 heteroatoms. The summed E-state index contributed by atoms with van der Waals surface area (Å²) in [5.41, 5.74) is -0.0213. The highest BCUT2D eigenvalue weighted by Crippen LogP contribution is 2.30. The summed E-state index contributed by atoms with van der Waals surface area (Å²) in [6.07, 6.45) is -0.743. The Morgan fingerprint density at radius 2 is 2.05 bits per heavy atom. The molecule has 1 amide bonds. The summed E-state index contributed by atoms with van der Waals surface area (Å²) in [6, 6.07) is 5.26. The zero-order valence-corrected chi connectivity index (χ0v) is 10.5.